The van der Waals surface area contributed by atoms with Crippen molar-refractivity contribution in [3.63, 3.8) is 0 Å². The molecule has 7 heteroatoms. The normalized spacial score (nSPS) is 16.7. The fourth-order valence-electron chi connectivity index (χ4n) is 2.69. The summed E-state index contributed by atoms with van der Waals surface area (Å²) in [4.78, 5) is 27.9. The van der Waals surface area contributed by atoms with E-state index in [4.69, 9.17) is 5.73 Å². The van der Waals surface area contributed by atoms with Gasteiger partial charge in [-0.1, -0.05) is 12.1 Å². The number of hydrogen-bond donors (Lipinski definition) is 2. The van der Waals surface area contributed by atoms with Crippen LogP contribution < -0.4 is 11.1 Å². The molecule has 1 unspecified atom stereocenters. The van der Waals surface area contributed by atoms with E-state index in [1.807, 2.05) is 11.8 Å². The van der Waals surface area contributed by atoms with Crippen LogP contribution in [0.1, 0.15) is 23.7 Å². The van der Waals surface area contributed by atoms with Gasteiger partial charge in [0.05, 0.1) is 5.56 Å². The molecular weight excluding hydrogens is 311 g/mol. The summed E-state index contributed by atoms with van der Waals surface area (Å²) in [5.41, 5.74) is 5.71. The average molecular weight is 336 g/mol. The fourth-order valence-corrected chi connectivity index (χ4v) is 2.69. The number of halogens is 1. The Bertz CT molecular complexity index is 571. The zero-order valence-corrected chi connectivity index (χ0v) is 14.0. The molecular formula is C17H25FN4O2. The molecule has 0 radical (unpaired) electrons. The number of nitrogens with two attached hydrogens (primary N) is 1. The Morgan fingerprint density at radius 3 is 2.54 bits per heavy atom. The van der Waals surface area contributed by atoms with Crippen molar-refractivity contribution >= 4 is 11.8 Å². The lowest BCUT2D eigenvalue weighted by atomic mass is 10.2. The second-order valence-corrected chi connectivity index (χ2v) is 6.14. The average Bonchev–Trinajstić information content (AvgIpc) is 2.55. The van der Waals surface area contributed by atoms with Crippen LogP contribution in [0.3, 0.4) is 0 Å². The first-order valence-electron chi connectivity index (χ1n) is 8.26. The highest BCUT2D eigenvalue weighted by Crippen LogP contribution is 2.06. The number of amides is 2. The zero-order chi connectivity index (χ0) is 17.5. The van der Waals surface area contributed by atoms with Gasteiger partial charge in [-0.3, -0.25) is 14.5 Å². The number of hydrogen-bond acceptors (Lipinski definition) is 4. The maximum atomic E-state index is 13.5. The second-order valence-electron chi connectivity index (χ2n) is 6.14. The van der Waals surface area contributed by atoms with Gasteiger partial charge in [0.1, 0.15) is 5.82 Å². The van der Waals surface area contributed by atoms with Crippen molar-refractivity contribution in [2.24, 2.45) is 5.73 Å². The molecule has 3 N–H and O–H groups in total. The number of carbonyl (C=O) groups excluding carboxylic acids is 2. The summed E-state index contributed by atoms with van der Waals surface area (Å²) in [6, 6.07) is 5.80. The molecule has 24 heavy (non-hydrogen) atoms. The van der Waals surface area contributed by atoms with Crippen molar-refractivity contribution < 1.29 is 14.0 Å². The summed E-state index contributed by atoms with van der Waals surface area (Å²) >= 11 is 0. The topological polar surface area (TPSA) is 78.7 Å². The second kappa shape index (κ2) is 8.75. The third-order valence-electron chi connectivity index (χ3n) is 4.05. The van der Waals surface area contributed by atoms with Crippen LogP contribution in [0.2, 0.25) is 0 Å². The molecule has 1 aromatic rings. The van der Waals surface area contributed by atoms with E-state index >= 15 is 0 Å². The van der Waals surface area contributed by atoms with Crippen LogP contribution in [0.25, 0.3) is 0 Å². The van der Waals surface area contributed by atoms with E-state index in [-0.39, 0.29) is 17.5 Å². The Morgan fingerprint density at radius 1 is 1.25 bits per heavy atom. The van der Waals surface area contributed by atoms with Gasteiger partial charge < -0.3 is 16.0 Å². The molecule has 0 aliphatic carbocycles. The summed E-state index contributed by atoms with van der Waals surface area (Å²) < 4.78 is 13.5. The van der Waals surface area contributed by atoms with E-state index in [9.17, 15) is 14.0 Å². The predicted molar refractivity (Wildman–Crippen MR) is 90.0 cm³/mol. The highest BCUT2D eigenvalue weighted by molar-refractivity contribution is 5.94. The van der Waals surface area contributed by atoms with Crippen LogP contribution in [0.15, 0.2) is 24.3 Å². The Hall–Kier alpha value is -1.99. The van der Waals surface area contributed by atoms with Crippen LogP contribution in [-0.4, -0.2) is 66.9 Å². The van der Waals surface area contributed by atoms with E-state index in [1.54, 1.807) is 12.1 Å². The summed E-state index contributed by atoms with van der Waals surface area (Å²) in [5.74, 6) is -0.826. The molecule has 1 aromatic carbocycles. The van der Waals surface area contributed by atoms with Gasteiger partial charge >= 0.3 is 0 Å². The van der Waals surface area contributed by atoms with Gasteiger partial charge in [0.25, 0.3) is 5.91 Å². The molecule has 1 heterocycles. The van der Waals surface area contributed by atoms with Crippen LogP contribution in [0, 0.1) is 5.82 Å². The van der Waals surface area contributed by atoms with Crippen molar-refractivity contribution in [2.75, 3.05) is 39.3 Å². The number of nitrogens with zero attached hydrogens (tertiary/aromatic N) is 2. The largest absolute Gasteiger partial charge is 0.351 e. The summed E-state index contributed by atoms with van der Waals surface area (Å²) in [6.07, 6.45) is 0.374. The molecule has 1 aliphatic rings. The van der Waals surface area contributed by atoms with Gasteiger partial charge in [0, 0.05) is 51.7 Å². The number of piperazine rings is 1. The van der Waals surface area contributed by atoms with E-state index in [2.05, 4.69) is 10.2 Å². The smallest absolute Gasteiger partial charge is 0.254 e. The quantitative estimate of drug-likeness (QED) is 0.790. The molecule has 1 fully saturated rings. The summed E-state index contributed by atoms with van der Waals surface area (Å²) in [5, 5.41) is 2.73. The molecule has 132 valence electrons. The van der Waals surface area contributed by atoms with Gasteiger partial charge in [-0.25, -0.2) is 4.39 Å². The molecule has 1 atom stereocenters. The first-order valence-corrected chi connectivity index (χ1v) is 8.26. The van der Waals surface area contributed by atoms with Gasteiger partial charge in [-0.05, 0) is 19.1 Å². The monoisotopic (exact) mass is 336 g/mol. The van der Waals surface area contributed by atoms with E-state index in [0.29, 0.717) is 32.6 Å². The Kier molecular flexibility index (Phi) is 6.69. The molecule has 2 amide bonds. The third kappa shape index (κ3) is 5.28. The maximum absolute atomic E-state index is 13.5. The minimum Gasteiger partial charge on any atom is -0.351 e. The standard InChI is InChI=1S/C17H25FN4O2/c1-13(19)12-16(23)22-10-8-21(9-11-22)7-6-20-17(24)14-4-2-3-5-15(14)18/h2-5,13H,6-12,19H2,1H3,(H,20,24). The van der Waals surface area contributed by atoms with Crippen LogP contribution in [0.5, 0.6) is 0 Å². The third-order valence-corrected chi connectivity index (χ3v) is 4.05. The molecule has 1 saturated heterocycles. The van der Waals surface area contributed by atoms with Crippen molar-refractivity contribution in [1.29, 1.82) is 0 Å². The van der Waals surface area contributed by atoms with Crippen molar-refractivity contribution in [3.05, 3.63) is 35.6 Å². The minimum absolute atomic E-state index is 0.0591. The number of carbonyl (C=O) groups is 2. The molecule has 0 bridgehead atoms. The molecule has 0 aromatic heterocycles. The lowest BCUT2D eigenvalue weighted by molar-refractivity contribution is -0.133. The first kappa shape index (κ1) is 18.4. The number of nitrogens with one attached hydrogen (secondary N) is 1. The molecule has 2 rings (SSSR count). The molecule has 1 aliphatic heterocycles. The van der Waals surface area contributed by atoms with Gasteiger partial charge in [-0.15, -0.1) is 0 Å². The van der Waals surface area contributed by atoms with Gasteiger partial charge in [-0.2, -0.15) is 0 Å². The van der Waals surface area contributed by atoms with Crippen molar-refractivity contribution in [2.45, 2.75) is 19.4 Å². The van der Waals surface area contributed by atoms with Gasteiger partial charge in [0.2, 0.25) is 5.91 Å². The molecule has 0 spiro atoms. The zero-order valence-electron chi connectivity index (χ0n) is 14.0. The van der Waals surface area contributed by atoms with Gasteiger partial charge in [0.15, 0.2) is 0 Å². The Labute approximate surface area is 141 Å². The van der Waals surface area contributed by atoms with E-state index in [1.165, 1.54) is 12.1 Å². The minimum atomic E-state index is -0.517. The predicted octanol–water partition coefficient (Wildman–Crippen LogP) is 0.437. The molecule has 0 saturated carbocycles. The van der Waals surface area contributed by atoms with E-state index in [0.717, 1.165) is 13.1 Å². The summed E-state index contributed by atoms with van der Waals surface area (Å²) in [6.45, 7) is 5.82. The highest BCUT2D eigenvalue weighted by atomic mass is 19.1. The van der Waals surface area contributed by atoms with Crippen molar-refractivity contribution in [3.8, 4) is 0 Å². The van der Waals surface area contributed by atoms with Crippen LogP contribution in [-0.2, 0) is 4.79 Å². The summed E-state index contributed by atoms with van der Waals surface area (Å²) in [7, 11) is 0. The van der Waals surface area contributed by atoms with Crippen LogP contribution in [0.4, 0.5) is 4.39 Å². The Morgan fingerprint density at radius 2 is 1.92 bits per heavy atom. The lowest BCUT2D eigenvalue weighted by Crippen LogP contribution is -2.50. The first-order chi connectivity index (χ1) is 11.5. The lowest BCUT2D eigenvalue weighted by Gasteiger charge is -2.35. The fraction of sp³-hybridized carbons (Fsp3) is 0.529. The van der Waals surface area contributed by atoms with E-state index < -0.39 is 11.7 Å². The van der Waals surface area contributed by atoms with Crippen LogP contribution >= 0.6 is 0 Å². The Balaban J connectivity index is 1.69. The highest BCUT2D eigenvalue weighted by Gasteiger charge is 2.21. The maximum Gasteiger partial charge on any atom is 0.254 e. The SMILES string of the molecule is CC(N)CC(=O)N1CCN(CCNC(=O)c2ccccc2F)CC1. The van der Waals surface area contributed by atoms with Crippen molar-refractivity contribution in [1.82, 2.24) is 15.1 Å². The molecule has 6 nitrogen and oxygen atoms in total. The number of benzene rings is 1. The number of rotatable bonds is 6.